The minimum absolute atomic E-state index is 0.0138. The van der Waals surface area contributed by atoms with Crippen molar-refractivity contribution in [2.24, 2.45) is 0 Å². The predicted octanol–water partition coefficient (Wildman–Crippen LogP) is 0.685. The number of aromatic nitrogens is 2. The Hall–Kier alpha value is -1.65. The molecule has 1 aliphatic rings. The topological polar surface area (TPSA) is 61.2 Å². The second-order valence-electron chi connectivity index (χ2n) is 4.10. The Labute approximate surface area is 99.4 Å². The van der Waals surface area contributed by atoms with Gasteiger partial charge in [-0.05, 0) is 19.8 Å². The molecule has 0 fully saturated rings. The number of carbonyl (C=O) groups is 1. The number of fused-ring (bicyclic) bond motifs is 1. The summed E-state index contributed by atoms with van der Waals surface area (Å²) in [4.78, 5) is 27.7. The van der Waals surface area contributed by atoms with Gasteiger partial charge in [-0.1, -0.05) is 0 Å². The average Bonchev–Trinajstić information content (AvgIpc) is 2.33. The number of carbonyl (C=O) groups excluding carboxylic acids is 1. The Balaban J connectivity index is 2.24. The molecule has 92 valence electrons. The fourth-order valence-electron chi connectivity index (χ4n) is 2.04. The molecule has 17 heavy (non-hydrogen) atoms. The number of hydrogen-bond donors (Lipinski definition) is 0. The lowest BCUT2D eigenvalue weighted by Crippen LogP contribution is -2.31. The highest BCUT2D eigenvalue weighted by Gasteiger charge is 2.15. The number of nitrogens with zero attached hydrogens (tertiary/aromatic N) is 2. The summed E-state index contributed by atoms with van der Waals surface area (Å²) in [5.41, 5.74) is 0.330. The number of esters is 1. The number of rotatable bonds is 3. The van der Waals surface area contributed by atoms with Crippen LogP contribution in [0.5, 0.6) is 0 Å². The molecule has 2 rings (SSSR count). The lowest BCUT2D eigenvalue weighted by molar-refractivity contribution is -0.142. The molecule has 0 aliphatic carbocycles. The number of ether oxygens (including phenoxy) is 1. The van der Waals surface area contributed by atoms with Crippen LogP contribution in [0.3, 0.4) is 0 Å². The lowest BCUT2D eigenvalue weighted by atomic mass is 10.1. The molecule has 0 saturated carbocycles. The maximum Gasteiger partial charge on any atom is 0.310 e. The van der Waals surface area contributed by atoms with E-state index in [4.69, 9.17) is 4.74 Å². The minimum Gasteiger partial charge on any atom is -0.466 e. The second kappa shape index (κ2) is 5.12. The molecule has 0 amide bonds. The molecule has 0 unspecified atom stereocenters. The van der Waals surface area contributed by atoms with Crippen molar-refractivity contribution in [2.75, 3.05) is 6.61 Å². The van der Waals surface area contributed by atoms with Gasteiger partial charge in [0.1, 0.15) is 5.82 Å². The molecule has 0 spiro atoms. The Kier molecular flexibility index (Phi) is 3.56. The van der Waals surface area contributed by atoms with Gasteiger partial charge in [-0.3, -0.25) is 14.2 Å². The first-order valence-electron chi connectivity index (χ1n) is 5.95. The quantitative estimate of drug-likeness (QED) is 0.724. The number of aryl methyl sites for hydroxylation is 1. The summed E-state index contributed by atoms with van der Waals surface area (Å²) < 4.78 is 6.51. The van der Waals surface area contributed by atoms with Crippen molar-refractivity contribution in [3.8, 4) is 0 Å². The van der Waals surface area contributed by atoms with E-state index in [1.165, 1.54) is 6.20 Å². The van der Waals surface area contributed by atoms with Crippen molar-refractivity contribution < 1.29 is 9.53 Å². The maximum absolute atomic E-state index is 12.1. The lowest BCUT2D eigenvalue weighted by Gasteiger charge is -2.17. The molecule has 0 radical (unpaired) electrons. The number of hydrogen-bond acceptors (Lipinski definition) is 4. The smallest absolute Gasteiger partial charge is 0.310 e. The zero-order valence-corrected chi connectivity index (χ0v) is 9.94. The molecule has 5 heteroatoms. The highest BCUT2D eigenvalue weighted by atomic mass is 16.5. The van der Waals surface area contributed by atoms with Gasteiger partial charge in [0, 0.05) is 24.7 Å². The summed E-state index contributed by atoms with van der Waals surface area (Å²) in [6.07, 6.45) is 4.44. The molecule has 2 heterocycles. The van der Waals surface area contributed by atoms with E-state index in [1.54, 1.807) is 11.5 Å². The molecule has 1 aromatic rings. The summed E-state index contributed by atoms with van der Waals surface area (Å²) >= 11 is 0. The largest absolute Gasteiger partial charge is 0.466 e. The monoisotopic (exact) mass is 236 g/mol. The van der Waals surface area contributed by atoms with Crippen LogP contribution in [-0.4, -0.2) is 22.1 Å². The van der Waals surface area contributed by atoms with E-state index in [0.29, 0.717) is 18.7 Å². The molecule has 0 bridgehead atoms. The standard InChI is InChI=1S/C12H16N2O3/c1-2-17-11(15)7-9-8-13-10-5-3-4-6-14(10)12(9)16/h8H,2-7H2,1H3. The Morgan fingerprint density at radius 2 is 2.35 bits per heavy atom. The van der Waals surface area contributed by atoms with Gasteiger partial charge in [0.25, 0.3) is 5.56 Å². The molecular weight excluding hydrogens is 220 g/mol. The van der Waals surface area contributed by atoms with Crippen LogP contribution in [0.15, 0.2) is 11.0 Å². The van der Waals surface area contributed by atoms with Crippen LogP contribution in [0.4, 0.5) is 0 Å². The van der Waals surface area contributed by atoms with Crippen molar-refractivity contribution in [3.05, 3.63) is 27.9 Å². The average molecular weight is 236 g/mol. The van der Waals surface area contributed by atoms with Crippen LogP contribution >= 0.6 is 0 Å². The van der Waals surface area contributed by atoms with Gasteiger partial charge in [0.05, 0.1) is 13.0 Å². The minimum atomic E-state index is -0.372. The summed E-state index contributed by atoms with van der Waals surface area (Å²) in [6, 6.07) is 0. The van der Waals surface area contributed by atoms with Crippen LogP contribution in [0.1, 0.15) is 31.2 Å². The highest BCUT2D eigenvalue weighted by molar-refractivity contribution is 5.72. The van der Waals surface area contributed by atoms with Gasteiger partial charge in [-0.25, -0.2) is 4.98 Å². The van der Waals surface area contributed by atoms with Crippen LogP contribution in [0.25, 0.3) is 0 Å². The fraction of sp³-hybridized carbons (Fsp3) is 0.583. The van der Waals surface area contributed by atoms with Gasteiger partial charge in [-0.15, -0.1) is 0 Å². The van der Waals surface area contributed by atoms with Crippen molar-refractivity contribution >= 4 is 5.97 Å². The third kappa shape index (κ3) is 2.54. The molecular formula is C12H16N2O3. The van der Waals surface area contributed by atoms with Crippen LogP contribution in [-0.2, 0) is 28.9 Å². The van der Waals surface area contributed by atoms with E-state index in [-0.39, 0.29) is 17.9 Å². The normalized spacial score (nSPS) is 14.2. The SMILES string of the molecule is CCOC(=O)Cc1cnc2n(c1=O)CCCC2. The van der Waals surface area contributed by atoms with Gasteiger partial charge in [0.2, 0.25) is 0 Å². The zero-order valence-electron chi connectivity index (χ0n) is 9.94. The first-order valence-corrected chi connectivity index (χ1v) is 5.95. The third-order valence-corrected chi connectivity index (χ3v) is 2.87. The third-order valence-electron chi connectivity index (χ3n) is 2.87. The molecule has 0 atom stereocenters. The molecule has 0 saturated heterocycles. The van der Waals surface area contributed by atoms with E-state index < -0.39 is 0 Å². The van der Waals surface area contributed by atoms with Crippen molar-refractivity contribution in [3.63, 3.8) is 0 Å². The van der Waals surface area contributed by atoms with Crippen molar-refractivity contribution in [1.29, 1.82) is 0 Å². The van der Waals surface area contributed by atoms with E-state index >= 15 is 0 Å². The van der Waals surface area contributed by atoms with Crippen molar-refractivity contribution in [2.45, 2.75) is 39.2 Å². The first-order chi connectivity index (χ1) is 8.22. The van der Waals surface area contributed by atoms with E-state index in [1.807, 2.05) is 0 Å². The van der Waals surface area contributed by atoms with Gasteiger partial charge < -0.3 is 4.74 Å². The van der Waals surface area contributed by atoms with Crippen LogP contribution < -0.4 is 5.56 Å². The Morgan fingerprint density at radius 3 is 3.12 bits per heavy atom. The molecule has 1 aliphatic heterocycles. The highest BCUT2D eigenvalue weighted by Crippen LogP contribution is 2.09. The Bertz CT molecular complexity index is 479. The predicted molar refractivity (Wildman–Crippen MR) is 61.8 cm³/mol. The summed E-state index contributed by atoms with van der Waals surface area (Å²) in [5.74, 6) is 0.455. The summed E-state index contributed by atoms with van der Waals surface area (Å²) in [7, 11) is 0. The first kappa shape index (κ1) is 11.8. The van der Waals surface area contributed by atoms with E-state index in [2.05, 4.69) is 4.98 Å². The van der Waals surface area contributed by atoms with E-state index in [9.17, 15) is 9.59 Å². The zero-order chi connectivity index (χ0) is 12.3. The second-order valence-corrected chi connectivity index (χ2v) is 4.10. The van der Waals surface area contributed by atoms with Crippen molar-refractivity contribution in [1.82, 2.24) is 9.55 Å². The molecule has 0 aromatic carbocycles. The summed E-state index contributed by atoms with van der Waals surface area (Å²) in [5, 5.41) is 0. The van der Waals surface area contributed by atoms with Gasteiger partial charge in [-0.2, -0.15) is 0 Å². The summed E-state index contributed by atoms with van der Waals surface area (Å²) in [6.45, 7) is 2.78. The van der Waals surface area contributed by atoms with Crippen LogP contribution in [0, 0.1) is 0 Å². The van der Waals surface area contributed by atoms with Gasteiger partial charge >= 0.3 is 5.97 Å². The van der Waals surface area contributed by atoms with Gasteiger partial charge in [0.15, 0.2) is 0 Å². The fourth-order valence-corrected chi connectivity index (χ4v) is 2.04. The molecule has 5 nitrogen and oxygen atoms in total. The Morgan fingerprint density at radius 1 is 1.53 bits per heavy atom. The van der Waals surface area contributed by atoms with Crippen LogP contribution in [0.2, 0.25) is 0 Å². The molecule has 1 aromatic heterocycles. The molecule has 0 N–H and O–H groups in total. The van der Waals surface area contributed by atoms with E-state index in [0.717, 1.165) is 25.1 Å². The maximum atomic E-state index is 12.1.